The predicted molar refractivity (Wildman–Crippen MR) is 177 cm³/mol. The number of para-hydroxylation sites is 4. The second kappa shape index (κ2) is 15.1. The van der Waals surface area contributed by atoms with E-state index >= 15 is 0 Å². The Balaban J connectivity index is 1.75. The van der Waals surface area contributed by atoms with Crippen LogP contribution >= 0.6 is 0 Å². The van der Waals surface area contributed by atoms with E-state index in [1.165, 1.54) is 0 Å². The SMILES string of the molecule is C#CCOc1c2cccc1Cc1cccc(c1OCCC)Cc1cccc(c1OCCC)Cc1cccc(c1OCC#C)C2. The summed E-state index contributed by atoms with van der Waals surface area (Å²) in [6, 6.07) is 25.4. The summed E-state index contributed by atoms with van der Waals surface area (Å²) in [4.78, 5) is 0. The lowest BCUT2D eigenvalue weighted by Gasteiger charge is -2.22. The molecule has 4 nitrogen and oxygen atoms in total. The summed E-state index contributed by atoms with van der Waals surface area (Å²) in [5.41, 5.74) is 8.66. The van der Waals surface area contributed by atoms with Crippen molar-refractivity contribution in [1.29, 1.82) is 0 Å². The lowest BCUT2D eigenvalue weighted by Crippen LogP contribution is -2.09. The smallest absolute Gasteiger partial charge is 0.148 e. The monoisotopic (exact) mass is 584 g/mol. The minimum atomic E-state index is 0.179. The first-order valence-electron chi connectivity index (χ1n) is 15.5. The molecule has 0 atom stereocenters. The zero-order valence-electron chi connectivity index (χ0n) is 25.8. The van der Waals surface area contributed by atoms with E-state index in [0.29, 0.717) is 38.9 Å². The van der Waals surface area contributed by atoms with Crippen molar-refractivity contribution in [3.8, 4) is 47.7 Å². The molecule has 8 bridgehead atoms. The zero-order valence-corrected chi connectivity index (χ0v) is 25.8. The summed E-state index contributed by atoms with van der Waals surface area (Å²) >= 11 is 0. The van der Waals surface area contributed by atoms with E-state index in [2.05, 4.69) is 98.5 Å². The molecule has 0 unspecified atom stereocenters. The first kappa shape index (κ1) is 30.7. The summed E-state index contributed by atoms with van der Waals surface area (Å²) in [5.74, 6) is 8.76. The lowest BCUT2D eigenvalue weighted by molar-refractivity contribution is 0.308. The highest BCUT2D eigenvalue weighted by Gasteiger charge is 2.21. The molecule has 0 spiro atoms. The molecular weight excluding hydrogens is 544 g/mol. The maximum absolute atomic E-state index is 6.49. The van der Waals surface area contributed by atoms with Crippen molar-refractivity contribution >= 4 is 0 Å². The van der Waals surface area contributed by atoms with Crippen molar-refractivity contribution in [2.75, 3.05) is 26.4 Å². The molecule has 0 radical (unpaired) electrons. The van der Waals surface area contributed by atoms with Crippen molar-refractivity contribution < 1.29 is 18.9 Å². The van der Waals surface area contributed by atoms with Crippen molar-refractivity contribution in [3.63, 3.8) is 0 Å². The van der Waals surface area contributed by atoms with Crippen LogP contribution in [0.5, 0.6) is 23.0 Å². The third kappa shape index (κ3) is 7.04. The molecule has 1 aliphatic carbocycles. The maximum atomic E-state index is 6.49. The number of rotatable bonds is 10. The van der Waals surface area contributed by atoms with Crippen molar-refractivity contribution in [1.82, 2.24) is 0 Å². The summed E-state index contributed by atoms with van der Waals surface area (Å²) in [7, 11) is 0. The fourth-order valence-corrected chi connectivity index (χ4v) is 5.86. The summed E-state index contributed by atoms with van der Waals surface area (Å²) in [5, 5.41) is 0. The van der Waals surface area contributed by atoms with Crippen molar-refractivity contribution in [2.45, 2.75) is 52.4 Å². The van der Waals surface area contributed by atoms with Gasteiger partial charge in [-0.2, -0.15) is 0 Å². The Kier molecular flexibility index (Phi) is 10.5. The van der Waals surface area contributed by atoms with Crippen molar-refractivity contribution in [3.05, 3.63) is 117 Å². The van der Waals surface area contributed by atoms with Gasteiger partial charge >= 0.3 is 0 Å². The lowest BCUT2D eigenvalue weighted by atomic mass is 9.91. The van der Waals surface area contributed by atoms with Crippen LogP contribution in [0.15, 0.2) is 72.8 Å². The first-order chi connectivity index (χ1) is 21.7. The number of terminal acetylenes is 2. The Morgan fingerprint density at radius 2 is 0.705 bits per heavy atom. The van der Waals surface area contributed by atoms with E-state index in [1.807, 2.05) is 0 Å². The van der Waals surface area contributed by atoms with Crippen LogP contribution in [-0.4, -0.2) is 26.4 Å². The molecule has 4 aromatic rings. The molecule has 0 aliphatic heterocycles. The molecule has 0 N–H and O–H groups in total. The second-order valence-corrected chi connectivity index (χ2v) is 11.0. The summed E-state index contributed by atoms with van der Waals surface area (Å²) in [6.45, 7) is 5.90. The van der Waals surface area contributed by atoms with Gasteiger partial charge in [-0.05, 0) is 57.3 Å². The molecule has 0 aromatic heterocycles. The third-order valence-corrected chi connectivity index (χ3v) is 7.74. The fourth-order valence-electron chi connectivity index (χ4n) is 5.86. The van der Waals surface area contributed by atoms with Crippen LogP contribution in [0, 0.1) is 24.7 Å². The Hall–Kier alpha value is -4.80. The molecule has 0 fully saturated rings. The largest absolute Gasteiger partial charge is 0.493 e. The van der Waals surface area contributed by atoms with E-state index in [1.54, 1.807) is 0 Å². The maximum Gasteiger partial charge on any atom is 0.148 e. The van der Waals surface area contributed by atoms with Gasteiger partial charge in [-0.15, -0.1) is 12.8 Å². The molecule has 0 heterocycles. The average Bonchev–Trinajstić information content (AvgIpc) is 3.03. The molecule has 0 saturated heterocycles. The Morgan fingerprint density at radius 1 is 0.455 bits per heavy atom. The van der Waals surface area contributed by atoms with E-state index in [4.69, 9.17) is 31.8 Å². The quantitative estimate of drug-likeness (QED) is 0.156. The third-order valence-electron chi connectivity index (χ3n) is 7.74. The fraction of sp³-hybridized carbons (Fsp3) is 0.300. The van der Waals surface area contributed by atoms with Crippen LogP contribution in [0.1, 0.15) is 71.2 Å². The predicted octanol–water partition coefficient (Wildman–Crippen LogP) is 7.96. The molecule has 5 rings (SSSR count). The van der Waals surface area contributed by atoms with Gasteiger partial charge in [0, 0.05) is 25.7 Å². The van der Waals surface area contributed by atoms with Crippen LogP contribution < -0.4 is 18.9 Å². The minimum absolute atomic E-state index is 0.179. The van der Waals surface area contributed by atoms with Crippen LogP contribution in [0.4, 0.5) is 0 Å². The molecule has 44 heavy (non-hydrogen) atoms. The van der Waals surface area contributed by atoms with Crippen LogP contribution in [0.2, 0.25) is 0 Å². The van der Waals surface area contributed by atoms with Gasteiger partial charge in [-0.3, -0.25) is 0 Å². The van der Waals surface area contributed by atoms with E-state index in [0.717, 1.165) is 80.3 Å². The zero-order chi connectivity index (χ0) is 30.7. The van der Waals surface area contributed by atoms with Gasteiger partial charge in [0.25, 0.3) is 0 Å². The Labute approximate surface area is 262 Å². The number of hydrogen-bond acceptors (Lipinski definition) is 4. The number of hydrogen-bond donors (Lipinski definition) is 0. The first-order valence-corrected chi connectivity index (χ1v) is 15.5. The van der Waals surface area contributed by atoms with E-state index in [9.17, 15) is 0 Å². The standard InChI is InChI=1S/C40H40O4/c1-5-21-41-37-29-13-9-14-30(37)26-32-16-11-18-34(39(32)43-23-7-3)28-36-20-12-19-35(40(36)44-24-8-4)27-33-17-10-15-31(25-29)38(33)42-22-6-2/h1-2,9-20H,7-8,21-28H2,3-4H3. The van der Waals surface area contributed by atoms with Gasteiger partial charge < -0.3 is 18.9 Å². The van der Waals surface area contributed by atoms with E-state index in [-0.39, 0.29) is 13.2 Å². The Morgan fingerprint density at radius 3 is 0.932 bits per heavy atom. The number of fused-ring (bicyclic) bond motifs is 8. The topological polar surface area (TPSA) is 36.9 Å². The minimum Gasteiger partial charge on any atom is -0.493 e. The second-order valence-electron chi connectivity index (χ2n) is 11.0. The van der Waals surface area contributed by atoms with Gasteiger partial charge in [0.1, 0.15) is 36.2 Å². The van der Waals surface area contributed by atoms with Crippen LogP contribution in [-0.2, 0) is 25.7 Å². The highest BCUT2D eigenvalue weighted by atomic mass is 16.5. The average molecular weight is 585 g/mol. The van der Waals surface area contributed by atoms with Crippen LogP contribution in [0.25, 0.3) is 0 Å². The normalized spacial score (nSPS) is 12.0. The molecule has 1 aliphatic rings. The molecular formula is C40H40O4. The van der Waals surface area contributed by atoms with Gasteiger partial charge in [0.05, 0.1) is 13.2 Å². The van der Waals surface area contributed by atoms with Crippen LogP contribution in [0.3, 0.4) is 0 Å². The van der Waals surface area contributed by atoms with Gasteiger partial charge in [-0.25, -0.2) is 0 Å². The molecule has 4 aromatic carbocycles. The number of ether oxygens (including phenoxy) is 4. The molecule has 4 heteroatoms. The molecule has 224 valence electrons. The molecule has 0 amide bonds. The van der Waals surface area contributed by atoms with Gasteiger partial charge in [0.2, 0.25) is 0 Å². The van der Waals surface area contributed by atoms with Crippen molar-refractivity contribution in [2.24, 2.45) is 0 Å². The highest BCUT2D eigenvalue weighted by molar-refractivity contribution is 5.56. The van der Waals surface area contributed by atoms with Gasteiger partial charge in [-0.1, -0.05) is 98.5 Å². The van der Waals surface area contributed by atoms with Gasteiger partial charge in [0.15, 0.2) is 0 Å². The summed E-state index contributed by atoms with van der Waals surface area (Å²) in [6.07, 6.45) is 15.7. The van der Waals surface area contributed by atoms with E-state index < -0.39 is 0 Å². The summed E-state index contributed by atoms with van der Waals surface area (Å²) < 4.78 is 25.5. The number of benzene rings is 4. The molecule has 0 saturated carbocycles. The highest BCUT2D eigenvalue weighted by Crippen LogP contribution is 2.38. The Bertz CT molecular complexity index is 1550.